The van der Waals surface area contributed by atoms with Crippen molar-refractivity contribution >= 4 is 5.78 Å². The maximum Gasteiger partial charge on any atom is 0.179 e. The van der Waals surface area contributed by atoms with Crippen molar-refractivity contribution in [1.82, 2.24) is 4.90 Å². The van der Waals surface area contributed by atoms with Gasteiger partial charge in [0, 0.05) is 18.7 Å². The monoisotopic (exact) mass is 263 g/mol. The van der Waals surface area contributed by atoms with Crippen LogP contribution in [0.3, 0.4) is 0 Å². The van der Waals surface area contributed by atoms with E-state index in [2.05, 4.69) is 18.7 Å². The molecule has 0 radical (unpaired) electrons. The zero-order valence-corrected chi connectivity index (χ0v) is 12.6. The summed E-state index contributed by atoms with van der Waals surface area (Å²) in [5.74, 6) is 0.160. The molecule has 0 aromatic heterocycles. The van der Waals surface area contributed by atoms with Crippen LogP contribution in [-0.4, -0.2) is 43.5 Å². The van der Waals surface area contributed by atoms with Gasteiger partial charge in [-0.1, -0.05) is 31.2 Å². The number of ketones is 1. The number of Topliss-reactive ketones (excluding diaryl/α,β-unsaturated/α-hetero) is 1. The van der Waals surface area contributed by atoms with E-state index in [-0.39, 0.29) is 17.9 Å². The van der Waals surface area contributed by atoms with Crippen LogP contribution < -0.4 is 0 Å². The molecule has 0 fully saturated rings. The minimum absolute atomic E-state index is 0.141. The minimum Gasteiger partial charge on any atom is -0.383 e. The molecule has 0 heterocycles. The molecule has 1 aromatic carbocycles. The third-order valence-corrected chi connectivity index (χ3v) is 3.74. The molecule has 19 heavy (non-hydrogen) atoms. The maximum atomic E-state index is 12.4. The molecular formula is C16H25NO2. The van der Waals surface area contributed by atoms with Gasteiger partial charge in [-0.25, -0.2) is 0 Å². The normalized spacial score (nSPS) is 14.4. The molecule has 0 aliphatic heterocycles. The fraction of sp³-hybridized carbons (Fsp3) is 0.562. The average Bonchev–Trinajstić information content (AvgIpc) is 2.45. The third kappa shape index (κ3) is 4.15. The molecule has 3 heteroatoms. The van der Waals surface area contributed by atoms with Gasteiger partial charge >= 0.3 is 0 Å². The summed E-state index contributed by atoms with van der Waals surface area (Å²) in [7, 11) is 3.65. The van der Waals surface area contributed by atoms with Crippen molar-refractivity contribution in [1.29, 1.82) is 0 Å². The number of nitrogens with zero attached hydrogens (tertiary/aromatic N) is 1. The Bertz CT molecular complexity index is 400. The molecule has 106 valence electrons. The van der Waals surface area contributed by atoms with Crippen molar-refractivity contribution < 1.29 is 9.53 Å². The molecule has 1 aromatic rings. The number of aryl methyl sites for hydroxylation is 1. The van der Waals surface area contributed by atoms with Gasteiger partial charge in [0.25, 0.3) is 0 Å². The quantitative estimate of drug-likeness (QED) is 0.708. The van der Waals surface area contributed by atoms with Gasteiger partial charge in [0.1, 0.15) is 0 Å². The van der Waals surface area contributed by atoms with E-state index >= 15 is 0 Å². The number of carbonyl (C=O) groups is 1. The van der Waals surface area contributed by atoms with Crippen LogP contribution in [0.15, 0.2) is 24.3 Å². The minimum atomic E-state index is -0.141. The number of likely N-dealkylation sites (N-methyl/N-ethyl adjacent to an activating group) is 1. The summed E-state index contributed by atoms with van der Waals surface area (Å²) in [6, 6.07) is 7.98. The van der Waals surface area contributed by atoms with E-state index in [1.54, 1.807) is 7.11 Å². The molecule has 0 spiro atoms. The smallest absolute Gasteiger partial charge is 0.179 e. The van der Waals surface area contributed by atoms with Gasteiger partial charge < -0.3 is 4.74 Å². The first-order valence-electron chi connectivity index (χ1n) is 6.85. The van der Waals surface area contributed by atoms with Crippen molar-refractivity contribution in [3.05, 3.63) is 35.4 Å². The zero-order valence-electron chi connectivity index (χ0n) is 12.6. The van der Waals surface area contributed by atoms with Crippen LogP contribution in [0.2, 0.25) is 0 Å². The highest BCUT2D eigenvalue weighted by atomic mass is 16.5. The van der Waals surface area contributed by atoms with E-state index in [0.717, 1.165) is 12.0 Å². The Hall–Kier alpha value is -1.19. The van der Waals surface area contributed by atoms with E-state index in [9.17, 15) is 4.79 Å². The van der Waals surface area contributed by atoms with E-state index < -0.39 is 0 Å². The molecule has 0 amide bonds. The summed E-state index contributed by atoms with van der Waals surface area (Å²) < 4.78 is 5.14. The predicted molar refractivity (Wildman–Crippen MR) is 78.7 cm³/mol. The standard InChI is InChI=1S/C16H25NO2/c1-6-14-7-9-15(10-8-14)16(18)13(3)17(4)12(2)11-19-5/h7-10,12-13H,6,11H2,1-5H3. The van der Waals surface area contributed by atoms with Crippen LogP contribution in [0.25, 0.3) is 0 Å². The fourth-order valence-electron chi connectivity index (χ4n) is 2.07. The number of carbonyl (C=O) groups excluding carboxylic acids is 1. The second-order valence-corrected chi connectivity index (χ2v) is 5.06. The van der Waals surface area contributed by atoms with Gasteiger partial charge in [-0.3, -0.25) is 9.69 Å². The van der Waals surface area contributed by atoms with Gasteiger partial charge in [-0.15, -0.1) is 0 Å². The van der Waals surface area contributed by atoms with E-state index in [4.69, 9.17) is 4.74 Å². The summed E-state index contributed by atoms with van der Waals surface area (Å²) in [6.07, 6.45) is 0.995. The van der Waals surface area contributed by atoms with E-state index in [1.165, 1.54) is 5.56 Å². The lowest BCUT2D eigenvalue weighted by Gasteiger charge is -2.29. The third-order valence-electron chi connectivity index (χ3n) is 3.74. The molecule has 0 saturated carbocycles. The van der Waals surface area contributed by atoms with Gasteiger partial charge in [0.05, 0.1) is 12.6 Å². The number of ether oxygens (including phenoxy) is 1. The molecule has 0 saturated heterocycles. The highest BCUT2D eigenvalue weighted by Crippen LogP contribution is 2.12. The van der Waals surface area contributed by atoms with Gasteiger partial charge in [-0.05, 0) is 32.9 Å². The SMILES string of the molecule is CCc1ccc(C(=O)C(C)N(C)C(C)COC)cc1. The Morgan fingerprint density at radius 1 is 1.26 bits per heavy atom. The van der Waals surface area contributed by atoms with Crippen molar-refractivity contribution in [2.24, 2.45) is 0 Å². The molecule has 0 aliphatic carbocycles. The average molecular weight is 263 g/mol. The summed E-state index contributed by atoms with van der Waals surface area (Å²) in [5.41, 5.74) is 2.03. The molecule has 2 unspecified atom stereocenters. The highest BCUT2D eigenvalue weighted by Gasteiger charge is 2.23. The van der Waals surface area contributed by atoms with Gasteiger partial charge in [0.15, 0.2) is 5.78 Å². The van der Waals surface area contributed by atoms with Crippen LogP contribution in [0.4, 0.5) is 0 Å². The molecule has 2 atom stereocenters. The van der Waals surface area contributed by atoms with Crippen LogP contribution in [0.5, 0.6) is 0 Å². The number of hydrogen-bond acceptors (Lipinski definition) is 3. The summed E-state index contributed by atoms with van der Waals surface area (Å²) in [6.45, 7) is 6.75. The first-order valence-corrected chi connectivity index (χ1v) is 6.85. The second kappa shape index (κ2) is 7.41. The Labute approximate surface area is 116 Å². The maximum absolute atomic E-state index is 12.4. The summed E-state index contributed by atoms with van der Waals surface area (Å²) in [4.78, 5) is 14.5. The Morgan fingerprint density at radius 3 is 2.32 bits per heavy atom. The predicted octanol–water partition coefficient (Wildman–Crippen LogP) is 2.79. The number of benzene rings is 1. The summed E-state index contributed by atoms with van der Waals surface area (Å²) in [5, 5.41) is 0. The van der Waals surface area contributed by atoms with Gasteiger partial charge in [-0.2, -0.15) is 0 Å². The molecule has 0 bridgehead atoms. The Balaban J connectivity index is 2.74. The molecule has 0 aliphatic rings. The number of hydrogen-bond donors (Lipinski definition) is 0. The highest BCUT2D eigenvalue weighted by molar-refractivity contribution is 5.99. The molecule has 0 N–H and O–H groups in total. The van der Waals surface area contributed by atoms with Crippen LogP contribution >= 0.6 is 0 Å². The Morgan fingerprint density at radius 2 is 1.84 bits per heavy atom. The second-order valence-electron chi connectivity index (χ2n) is 5.06. The van der Waals surface area contributed by atoms with Gasteiger partial charge in [0.2, 0.25) is 0 Å². The van der Waals surface area contributed by atoms with E-state index in [0.29, 0.717) is 6.61 Å². The van der Waals surface area contributed by atoms with Crippen molar-refractivity contribution in [2.75, 3.05) is 20.8 Å². The van der Waals surface area contributed by atoms with Crippen LogP contribution in [0.1, 0.15) is 36.7 Å². The van der Waals surface area contributed by atoms with Crippen molar-refractivity contribution in [2.45, 2.75) is 39.3 Å². The lowest BCUT2D eigenvalue weighted by atomic mass is 10.0. The van der Waals surface area contributed by atoms with E-state index in [1.807, 2.05) is 38.2 Å². The lowest BCUT2D eigenvalue weighted by molar-refractivity contribution is 0.0693. The largest absolute Gasteiger partial charge is 0.383 e. The molecule has 1 rings (SSSR count). The topological polar surface area (TPSA) is 29.5 Å². The lowest BCUT2D eigenvalue weighted by Crippen LogP contribution is -2.43. The van der Waals surface area contributed by atoms with Crippen molar-refractivity contribution in [3.63, 3.8) is 0 Å². The molecular weight excluding hydrogens is 238 g/mol. The van der Waals surface area contributed by atoms with Crippen molar-refractivity contribution in [3.8, 4) is 0 Å². The zero-order chi connectivity index (χ0) is 14.4. The fourth-order valence-corrected chi connectivity index (χ4v) is 2.07. The first-order chi connectivity index (χ1) is 9.01. The van der Waals surface area contributed by atoms with Crippen LogP contribution in [0, 0.1) is 0 Å². The Kier molecular flexibility index (Phi) is 6.19. The molecule has 3 nitrogen and oxygen atoms in total. The number of rotatable bonds is 7. The summed E-state index contributed by atoms with van der Waals surface area (Å²) >= 11 is 0. The number of methoxy groups -OCH3 is 1. The first kappa shape index (κ1) is 15.9. The van der Waals surface area contributed by atoms with Crippen LogP contribution in [-0.2, 0) is 11.2 Å².